The number of rotatable bonds is 6. The van der Waals surface area contributed by atoms with Crippen LogP contribution in [0.25, 0.3) is 0 Å². The van der Waals surface area contributed by atoms with Gasteiger partial charge in [0.25, 0.3) is 0 Å². The van der Waals surface area contributed by atoms with Gasteiger partial charge in [0.15, 0.2) is 4.34 Å². The Balaban J connectivity index is 1.61. The first kappa shape index (κ1) is 19.9. The minimum absolute atomic E-state index is 0.153. The lowest BCUT2D eigenvalue weighted by Gasteiger charge is -2.10. The van der Waals surface area contributed by atoms with Crippen LogP contribution >= 0.6 is 23.1 Å². The van der Waals surface area contributed by atoms with Gasteiger partial charge >= 0.3 is 0 Å². The molecule has 1 unspecified atom stereocenters. The Labute approximate surface area is 172 Å². The number of amides is 1. The molecule has 2 aromatic carbocycles. The molecule has 0 radical (unpaired) electrons. The molecule has 0 bridgehead atoms. The first-order valence-corrected chi connectivity index (χ1v) is 10.3. The molecule has 0 aliphatic heterocycles. The molecule has 1 atom stereocenters. The Hall–Kier alpha value is -2.89. The average molecular weight is 410 g/mol. The van der Waals surface area contributed by atoms with Gasteiger partial charge < -0.3 is 10.6 Å². The lowest BCUT2D eigenvalue weighted by Crippen LogP contribution is -2.22. The minimum atomic E-state index is -0.354. The molecule has 2 N–H and O–H groups in total. The predicted molar refractivity (Wildman–Crippen MR) is 114 cm³/mol. The third-order valence-corrected chi connectivity index (χ3v) is 6.18. The summed E-state index contributed by atoms with van der Waals surface area (Å²) in [6.45, 7) is 5.93. The molecule has 1 aromatic heterocycles. The molecule has 6 nitrogen and oxygen atoms in total. The van der Waals surface area contributed by atoms with Crippen molar-refractivity contribution in [2.45, 2.75) is 30.4 Å². The van der Waals surface area contributed by atoms with Crippen molar-refractivity contribution >= 4 is 45.5 Å². The summed E-state index contributed by atoms with van der Waals surface area (Å²) in [6.07, 6.45) is 0. The summed E-state index contributed by atoms with van der Waals surface area (Å²) in [5.74, 6) is -0.153. The third-order valence-electron chi connectivity index (χ3n) is 4.16. The molecule has 8 heteroatoms. The molecule has 0 aliphatic carbocycles. The third kappa shape index (κ3) is 4.88. The van der Waals surface area contributed by atoms with Gasteiger partial charge in [-0.1, -0.05) is 41.3 Å². The second-order valence-electron chi connectivity index (χ2n) is 6.19. The largest absolute Gasteiger partial charge is 0.330 e. The summed E-state index contributed by atoms with van der Waals surface area (Å²) in [7, 11) is 0. The van der Waals surface area contributed by atoms with E-state index in [1.165, 1.54) is 34.2 Å². The van der Waals surface area contributed by atoms with Crippen molar-refractivity contribution in [3.8, 4) is 6.07 Å². The van der Waals surface area contributed by atoms with E-state index in [9.17, 15) is 4.79 Å². The van der Waals surface area contributed by atoms with Crippen LogP contribution in [0.5, 0.6) is 0 Å². The molecule has 142 valence electrons. The quantitative estimate of drug-likeness (QED) is 0.563. The topological polar surface area (TPSA) is 90.7 Å². The summed E-state index contributed by atoms with van der Waals surface area (Å²) in [5, 5.41) is 23.7. The summed E-state index contributed by atoms with van der Waals surface area (Å²) < 4.78 is 0.709. The maximum atomic E-state index is 12.4. The summed E-state index contributed by atoms with van der Waals surface area (Å²) in [5.41, 5.74) is 4.47. The number of nitriles is 1. The molecule has 0 spiro atoms. The van der Waals surface area contributed by atoms with E-state index in [0.29, 0.717) is 20.7 Å². The SMILES string of the molecule is Cc1cccc(Nc2nnc(SC(C)C(=O)Nc3cccc(C#N)c3)s2)c1C. The van der Waals surface area contributed by atoms with Gasteiger partial charge in [0, 0.05) is 11.4 Å². The zero-order valence-electron chi connectivity index (χ0n) is 15.7. The van der Waals surface area contributed by atoms with Gasteiger partial charge in [0.1, 0.15) is 0 Å². The fraction of sp³-hybridized carbons (Fsp3) is 0.200. The van der Waals surface area contributed by atoms with Crippen molar-refractivity contribution in [2.75, 3.05) is 10.6 Å². The van der Waals surface area contributed by atoms with E-state index in [1.807, 2.05) is 19.1 Å². The predicted octanol–water partition coefficient (Wildman–Crippen LogP) is 4.89. The van der Waals surface area contributed by atoms with Crippen LogP contribution in [0.15, 0.2) is 46.8 Å². The highest BCUT2D eigenvalue weighted by molar-refractivity contribution is 8.02. The Morgan fingerprint density at radius 3 is 2.79 bits per heavy atom. The van der Waals surface area contributed by atoms with Crippen molar-refractivity contribution in [2.24, 2.45) is 0 Å². The molecule has 28 heavy (non-hydrogen) atoms. The number of carbonyl (C=O) groups is 1. The molecule has 1 amide bonds. The summed E-state index contributed by atoms with van der Waals surface area (Å²) >= 11 is 2.75. The van der Waals surface area contributed by atoms with Crippen LogP contribution in [0.3, 0.4) is 0 Å². The van der Waals surface area contributed by atoms with Gasteiger partial charge in [-0.25, -0.2) is 0 Å². The lowest BCUT2D eigenvalue weighted by atomic mass is 10.1. The Morgan fingerprint density at radius 1 is 1.21 bits per heavy atom. The second-order valence-corrected chi connectivity index (χ2v) is 8.75. The van der Waals surface area contributed by atoms with Crippen molar-refractivity contribution in [3.63, 3.8) is 0 Å². The summed E-state index contributed by atoms with van der Waals surface area (Å²) in [6, 6.07) is 15.0. The fourth-order valence-electron chi connectivity index (χ4n) is 2.42. The van der Waals surface area contributed by atoms with Crippen molar-refractivity contribution in [3.05, 3.63) is 59.2 Å². The molecule has 0 saturated heterocycles. The average Bonchev–Trinajstić information content (AvgIpc) is 3.12. The molecule has 0 fully saturated rings. The first-order chi connectivity index (χ1) is 13.5. The van der Waals surface area contributed by atoms with E-state index in [0.717, 1.165) is 5.69 Å². The molecule has 3 rings (SSSR count). The molecule has 3 aromatic rings. The Kier molecular flexibility index (Phi) is 6.29. The van der Waals surface area contributed by atoms with E-state index in [1.54, 1.807) is 24.3 Å². The monoisotopic (exact) mass is 409 g/mol. The molecular formula is C20H19N5OS2. The highest BCUT2D eigenvalue weighted by Gasteiger charge is 2.18. The van der Waals surface area contributed by atoms with Crippen LogP contribution in [0.1, 0.15) is 23.6 Å². The number of anilines is 3. The van der Waals surface area contributed by atoms with Crippen LogP contribution in [-0.4, -0.2) is 21.4 Å². The highest BCUT2D eigenvalue weighted by atomic mass is 32.2. The van der Waals surface area contributed by atoms with Crippen LogP contribution in [0, 0.1) is 25.2 Å². The van der Waals surface area contributed by atoms with Gasteiger partial charge in [-0.05, 0) is 56.2 Å². The molecular weight excluding hydrogens is 390 g/mol. The van der Waals surface area contributed by atoms with Gasteiger partial charge in [0.05, 0.1) is 16.9 Å². The van der Waals surface area contributed by atoms with Gasteiger partial charge in [-0.2, -0.15) is 5.26 Å². The molecule has 0 saturated carbocycles. The fourth-order valence-corrected chi connectivity index (χ4v) is 4.33. The van der Waals surface area contributed by atoms with E-state index in [2.05, 4.69) is 46.8 Å². The van der Waals surface area contributed by atoms with Gasteiger partial charge in [-0.15, -0.1) is 10.2 Å². The van der Waals surface area contributed by atoms with E-state index < -0.39 is 0 Å². The smallest absolute Gasteiger partial charge is 0.237 e. The number of carbonyl (C=O) groups excluding carboxylic acids is 1. The van der Waals surface area contributed by atoms with E-state index in [4.69, 9.17) is 5.26 Å². The number of benzene rings is 2. The lowest BCUT2D eigenvalue weighted by molar-refractivity contribution is -0.115. The van der Waals surface area contributed by atoms with Crippen LogP contribution in [0.4, 0.5) is 16.5 Å². The first-order valence-electron chi connectivity index (χ1n) is 8.60. The summed E-state index contributed by atoms with van der Waals surface area (Å²) in [4.78, 5) is 12.4. The normalized spacial score (nSPS) is 11.5. The van der Waals surface area contributed by atoms with Crippen molar-refractivity contribution < 1.29 is 4.79 Å². The number of nitrogens with one attached hydrogen (secondary N) is 2. The second kappa shape index (κ2) is 8.87. The minimum Gasteiger partial charge on any atom is -0.330 e. The number of nitrogens with zero attached hydrogens (tertiary/aromatic N) is 3. The Morgan fingerprint density at radius 2 is 2.00 bits per heavy atom. The van der Waals surface area contributed by atoms with Crippen LogP contribution in [-0.2, 0) is 4.79 Å². The standard InChI is InChI=1S/C20H19N5OS2/c1-12-6-4-9-17(13(12)2)23-19-24-25-20(28-19)27-14(3)18(26)22-16-8-5-7-15(10-16)11-21/h4-10,14H,1-3H3,(H,22,26)(H,23,24). The number of thioether (sulfide) groups is 1. The zero-order valence-corrected chi connectivity index (χ0v) is 17.3. The van der Waals surface area contributed by atoms with E-state index >= 15 is 0 Å². The number of aryl methyl sites for hydroxylation is 1. The van der Waals surface area contributed by atoms with Crippen LogP contribution in [0.2, 0.25) is 0 Å². The number of hydrogen-bond donors (Lipinski definition) is 2. The maximum Gasteiger partial charge on any atom is 0.237 e. The Bertz CT molecular complexity index is 1040. The maximum absolute atomic E-state index is 12.4. The molecule has 1 heterocycles. The number of hydrogen-bond acceptors (Lipinski definition) is 7. The molecule has 0 aliphatic rings. The van der Waals surface area contributed by atoms with Gasteiger partial charge in [-0.3, -0.25) is 4.79 Å². The van der Waals surface area contributed by atoms with Gasteiger partial charge in [0.2, 0.25) is 11.0 Å². The zero-order chi connectivity index (χ0) is 20.1. The number of aromatic nitrogens is 2. The highest BCUT2D eigenvalue weighted by Crippen LogP contribution is 2.32. The van der Waals surface area contributed by atoms with Crippen molar-refractivity contribution in [1.29, 1.82) is 5.26 Å². The van der Waals surface area contributed by atoms with Crippen LogP contribution < -0.4 is 10.6 Å². The van der Waals surface area contributed by atoms with Crippen molar-refractivity contribution in [1.82, 2.24) is 10.2 Å². The van der Waals surface area contributed by atoms with E-state index in [-0.39, 0.29) is 11.2 Å².